The van der Waals surface area contributed by atoms with E-state index >= 15 is 0 Å². The third-order valence-electron chi connectivity index (χ3n) is 7.79. The largest absolute Gasteiger partial charge is 0.477 e. The Balaban J connectivity index is 1.07. The number of aromatic carboxylic acids is 1. The number of thiophene rings is 1. The Labute approximate surface area is 237 Å². The molecule has 39 heavy (non-hydrogen) atoms. The number of piperidine rings is 1. The van der Waals surface area contributed by atoms with Crippen molar-refractivity contribution in [1.82, 2.24) is 15.3 Å². The number of halogens is 2. The summed E-state index contributed by atoms with van der Waals surface area (Å²) in [5.41, 5.74) is 2.27. The first-order chi connectivity index (χ1) is 19.0. The summed E-state index contributed by atoms with van der Waals surface area (Å²) in [5, 5.41) is 18.8. The molecule has 2 aliphatic heterocycles. The van der Waals surface area contributed by atoms with Crippen LogP contribution in [0.5, 0.6) is 0 Å². The van der Waals surface area contributed by atoms with Gasteiger partial charge in [0.1, 0.15) is 16.3 Å². The topological polar surface area (TPSA) is 115 Å². The van der Waals surface area contributed by atoms with Crippen molar-refractivity contribution in [3.05, 3.63) is 56.6 Å². The van der Waals surface area contributed by atoms with Crippen molar-refractivity contribution in [2.45, 2.75) is 69.2 Å². The van der Waals surface area contributed by atoms with Gasteiger partial charge in [-0.3, -0.25) is 0 Å². The molecule has 3 aromatic heterocycles. The van der Waals surface area contributed by atoms with Gasteiger partial charge in [-0.25, -0.2) is 4.79 Å². The van der Waals surface area contributed by atoms with Crippen LogP contribution in [0.1, 0.15) is 65.4 Å². The first-order valence-electron chi connectivity index (χ1n) is 13.0. The summed E-state index contributed by atoms with van der Waals surface area (Å²) in [7, 11) is 0. The van der Waals surface area contributed by atoms with Crippen LogP contribution in [0.2, 0.25) is 10.0 Å². The summed E-state index contributed by atoms with van der Waals surface area (Å²) in [4.78, 5) is 19.0. The molecule has 0 spiro atoms. The molecule has 7 rings (SSSR count). The first kappa shape index (κ1) is 25.1. The minimum absolute atomic E-state index is 0.0630. The van der Waals surface area contributed by atoms with Gasteiger partial charge in [0.2, 0.25) is 5.82 Å². The normalized spacial score (nSPS) is 22.5. The van der Waals surface area contributed by atoms with E-state index in [-0.39, 0.29) is 23.1 Å². The summed E-state index contributed by atoms with van der Waals surface area (Å²) >= 11 is 14.1. The molecule has 4 aromatic rings. The van der Waals surface area contributed by atoms with E-state index in [4.69, 9.17) is 37.0 Å². The molecule has 2 saturated heterocycles. The molecule has 1 aliphatic carbocycles. The van der Waals surface area contributed by atoms with Crippen molar-refractivity contribution in [2.75, 3.05) is 4.90 Å². The molecular formula is C27H24Cl2N4O5S. The van der Waals surface area contributed by atoms with Crippen LogP contribution in [0.4, 0.5) is 6.01 Å². The van der Waals surface area contributed by atoms with Gasteiger partial charge in [-0.05, 0) is 62.8 Å². The second kappa shape index (κ2) is 9.92. The number of carboxylic acids is 1. The van der Waals surface area contributed by atoms with Gasteiger partial charge >= 0.3 is 12.0 Å². The summed E-state index contributed by atoms with van der Waals surface area (Å²) in [5.74, 6) is 0.684. The molecule has 5 heterocycles. The molecule has 3 atom stereocenters. The second-order valence-electron chi connectivity index (χ2n) is 10.3. The number of hydrogen-bond acceptors (Lipinski definition) is 9. The van der Waals surface area contributed by atoms with Crippen LogP contribution in [-0.4, -0.2) is 44.6 Å². The number of fused-ring (bicyclic) bond motifs is 2. The van der Waals surface area contributed by atoms with E-state index in [9.17, 15) is 9.90 Å². The van der Waals surface area contributed by atoms with Crippen LogP contribution in [0.3, 0.4) is 0 Å². The van der Waals surface area contributed by atoms with Crippen molar-refractivity contribution in [3.63, 3.8) is 0 Å². The fourth-order valence-corrected chi connectivity index (χ4v) is 7.17. The number of nitrogens with zero attached hydrogens (tertiary/aromatic N) is 4. The first-order valence-corrected chi connectivity index (χ1v) is 14.5. The summed E-state index contributed by atoms with van der Waals surface area (Å²) in [6.07, 6.45) is 5.93. The predicted octanol–water partition coefficient (Wildman–Crippen LogP) is 7.05. The molecule has 9 nitrogen and oxygen atoms in total. The van der Waals surface area contributed by atoms with Crippen LogP contribution in [0, 0.1) is 0 Å². The number of benzene rings is 1. The lowest BCUT2D eigenvalue weighted by Crippen LogP contribution is -2.45. The van der Waals surface area contributed by atoms with Gasteiger partial charge in [-0.2, -0.15) is 4.98 Å². The molecule has 1 aromatic carbocycles. The minimum Gasteiger partial charge on any atom is -0.477 e. The van der Waals surface area contributed by atoms with Gasteiger partial charge in [0, 0.05) is 29.1 Å². The third kappa shape index (κ3) is 4.63. The lowest BCUT2D eigenvalue weighted by molar-refractivity contribution is 0.0138. The third-order valence-corrected chi connectivity index (χ3v) is 9.49. The zero-order valence-electron chi connectivity index (χ0n) is 20.7. The zero-order valence-corrected chi connectivity index (χ0v) is 23.0. The quantitative estimate of drug-likeness (QED) is 0.232. The van der Waals surface area contributed by atoms with Gasteiger partial charge in [-0.15, -0.1) is 11.3 Å². The van der Waals surface area contributed by atoms with Crippen molar-refractivity contribution in [1.29, 1.82) is 0 Å². The molecule has 3 aliphatic rings. The van der Waals surface area contributed by atoms with Crippen LogP contribution in [-0.2, 0) is 11.3 Å². The summed E-state index contributed by atoms with van der Waals surface area (Å²) in [6, 6.07) is 9.62. The van der Waals surface area contributed by atoms with Gasteiger partial charge < -0.3 is 23.8 Å². The highest BCUT2D eigenvalue weighted by Crippen LogP contribution is 2.47. The number of rotatable bonds is 8. The lowest BCUT2D eigenvalue weighted by atomic mass is 9.99. The summed E-state index contributed by atoms with van der Waals surface area (Å²) in [6.45, 7) is 0.380. The van der Waals surface area contributed by atoms with Gasteiger partial charge in [0.25, 0.3) is 0 Å². The molecule has 0 radical (unpaired) electrons. The zero-order chi connectivity index (χ0) is 26.7. The molecule has 1 N–H and O–H groups in total. The van der Waals surface area contributed by atoms with E-state index < -0.39 is 5.97 Å². The van der Waals surface area contributed by atoms with E-state index in [1.54, 1.807) is 24.3 Å². The number of carboxylic acid groups (broad SMARTS) is 1. The Morgan fingerprint density at radius 1 is 1.05 bits per heavy atom. The smallest absolute Gasteiger partial charge is 0.345 e. The van der Waals surface area contributed by atoms with Crippen molar-refractivity contribution in [2.24, 2.45) is 0 Å². The molecule has 0 amide bonds. The number of aromatic nitrogens is 3. The number of hydrogen-bond donors (Lipinski definition) is 1. The van der Waals surface area contributed by atoms with E-state index in [1.807, 2.05) is 6.07 Å². The lowest BCUT2D eigenvalue weighted by Gasteiger charge is -2.37. The molecule has 202 valence electrons. The van der Waals surface area contributed by atoms with Crippen LogP contribution in [0.15, 0.2) is 39.4 Å². The predicted molar refractivity (Wildman–Crippen MR) is 146 cm³/mol. The highest BCUT2D eigenvalue weighted by atomic mass is 35.5. The Hall–Kier alpha value is -2.92. The monoisotopic (exact) mass is 586 g/mol. The standard InChI is InChI=1S/C27H24Cl2N4O5S/c28-18-2-1-3-19(29)22(18)23-17(24(37-31-23)13-4-5-13)12-36-16-10-14-6-7-15(11-16)33(14)27-30-25(32-38-27)20-8-9-21(39-20)26(34)35/h1-3,8-9,13-16H,4-7,10-12H2,(H,34,35)/t14-,15+,16+. The average Bonchev–Trinajstić information content (AvgIpc) is 3.25. The van der Waals surface area contributed by atoms with Gasteiger partial charge in [0.05, 0.1) is 27.6 Å². The van der Waals surface area contributed by atoms with Crippen molar-refractivity contribution >= 4 is 46.5 Å². The Morgan fingerprint density at radius 3 is 2.46 bits per heavy atom. The van der Waals surface area contributed by atoms with E-state index in [1.165, 1.54) is 0 Å². The second-order valence-corrected chi connectivity index (χ2v) is 12.2. The highest BCUT2D eigenvalue weighted by Gasteiger charge is 2.44. The van der Waals surface area contributed by atoms with E-state index in [2.05, 4.69) is 20.2 Å². The molecular weight excluding hydrogens is 563 g/mol. The van der Waals surface area contributed by atoms with Crippen LogP contribution >= 0.6 is 34.5 Å². The maximum Gasteiger partial charge on any atom is 0.345 e. The average molecular weight is 587 g/mol. The van der Waals surface area contributed by atoms with Crippen molar-refractivity contribution in [3.8, 4) is 22.0 Å². The highest BCUT2D eigenvalue weighted by molar-refractivity contribution is 7.17. The molecule has 12 heteroatoms. The fraction of sp³-hybridized carbons (Fsp3) is 0.407. The molecule has 1 saturated carbocycles. The van der Waals surface area contributed by atoms with Crippen LogP contribution in [0.25, 0.3) is 22.0 Å². The number of ether oxygens (including phenoxy) is 1. The van der Waals surface area contributed by atoms with E-state index in [0.29, 0.717) is 50.5 Å². The van der Waals surface area contributed by atoms with E-state index in [0.717, 1.165) is 61.2 Å². The van der Waals surface area contributed by atoms with Gasteiger partial charge in [0.15, 0.2) is 0 Å². The van der Waals surface area contributed by atoms with Gasteiger partial charge in [-0.1, -0.05) is 39.6 Å². The van der Waals surface area contributed by atoms with Crippen molar-refractivity contribution < 1.29 is 23.7 Å². The number of carbonyl (C=O) groups is 1. The maximum absolute atomic E-state index is 11.2. The molecule has 3 fully saturated rings. The number of anilines is 1. The van der Waals surface area contributed by atoms with Crippen LogP contribution < -0.4 is 4.90 Å². The Morgan fingerprint density at radius 2 is 1.79 bits per heavy atom. The fourth-order valence-electron chi connectivity index (χ4n) is 5.82. The minimum atomic E-state index is -0.965. The Bertz CT molecular complexity index is 1510. The maximum atomic E-state index is 11.2. The molecule has 0 unspecified atom stereocenters. The summed E-state index contributed by atoms with van der Waals surface area (Å²) < 4.78 is 17.9. The molecule has 2 bridgehead atoms. The Kier molecular flexibility index (Phi) is 6.38. The SMILES string of the molecule is O=C(O)c1ccc(-c2noc(N3[C@@H]4CC[C@H]3C[C@@H](OCc3c(-c5c(Cl)cccc5Cl)noc3C3CC3)C4)n2)s1.